The monoisotopic (exact) mass is 444 g/mol. The molecule has 4 rings (SSSR count). The van der Waals surface area contributed by atoms with E-state index in [0.717, 1.165) is 37.3 Å². The Balaban J connectivity index is 1.33. The molecular formula is C23H42NO7+. The zero-order valence-electron chi connectivity index (χ0n) is 20.1. The van der Waals surface area contributed by atoms with Gasteiger partial charge in [-0.15, -0.1) is 0 Å². The van der Waals surface area contributed by atoms with Gasteiger partial charge >= 0.3 is 0 Å². The summed E-state index contributed by atoms with van der Waals surface area (Å²) in [5.74, 6) is -0.670. The van der Waals surface area contributed by atoms with Crippen molar-refractivity contribution in [2.75, 3.05) is 52.6 Å². The van der Waals surface area contributed by atoms with E-state index in [2.05, 4.69) is 13.8 Å². The first-order chi connectivity index (χ1) is 14.6. The first kappa shape index (κ1) is 23.8. The minimum atomic E-state index is -0.699. The van der Waals surface area contributed by atoms with Crippen LogP contribution in [0.1, 0.15) is 48.0 Å². The summed E-state index contributed by atoms with van der Waals surface area (Å²) in [5.41, 5.74) is 0. The molecule has 4 heterocycles. The molecule has 31 heavy (non-hydrogen) atoms. The maximum Gasteiger partial charge on any atom is 0.190 e. The van der Waals surface area contributed by atoms with Crippen molar-refractivity contribution in [3.8, 4) is 0 Å². The van der Waals surface area contributed by atoms with Crippen molar-refractivity contribution in [1.29, 1.82) is 0 Å². The van der Waals surface area contributed by atoms with E-state index in [1.54, 1.807) is 0 Å². The van der Waals surface area contributed by atoms with E-state index in [4.69, 9.17) is 33.2 Å². The summed E-state index contributed by atoms with van der Waals surface area (Å²) in [5, 5.41) is 0. The van der Waals surface area contributed by atoms with Crippen LogP contribution in [0.4, 0.5) is 0 Å². The van der Waals surface area contributed by atoms with E-state index in [-0.39, 0.29) is 24.4 Å². The molecule has 0 aromatic heterocycles. The second kappa shape index (κ2) is 9.14. The van der Waals surface area contributed by atoms with Crippen LogP contribution in [0.25, 0.3) is 0 Å². The minimum absolute atomic E-state index is 0.229. The van der Waals surface area contributed by atoms with Crippen LogP contribution in [0.5, 0.6) is 0 Å². The Kier molecular flexibility index (Phi) is 7.03. The summed E-state index contributed by atoms with van der Waals surface area (Å²) in [6.07, 6.45) is -0.248. The molecule has 5 atom stereocenters. The minimum Gasteiger partial charge on any atom is -0.373 e. The molecule has 0 aliphatic carbocycles. The Morgan fingerprint density at radius 1 is 0.871 bits per heavy atom. The van der Waals surface area contributed by atoms with Gasteiger partial charge in [0.1, 0.15) is 44.1 Å². The Hall–Kier alpha value is -0.320. The van der Waals surface area contributed by atoms with Crippen LogP contribution in [0.3, 0.4) is 0 Å². The van der Waals surface area contributed by atoms with E-state index in [0.29, 0.717) is 19.1 Å². The average molecular weight is 445 g/mol. The SMILES string of the molecule is CC(C)CC[N+]1(CCOCC2OC3OC(C)(C)OC3C3OC(C)(C)OC23)CCOCC1. The van der Waals surface area contributed by atoms with Gasteiger partial charge in [0.25, 0.3) is 0 Å². The van der Waals surface area contributed by atoms with Crippen molar-refractivity contribution in [1.82, 2.24) is 0 Å². The van der Waals surface area contributed by atoms with Gasteiger partial charge in [0.15, 0.2) is 17.9 Å². The van der Waals surface area contributed by atoms with Gasteiger partial charge in [-0.25, -0.2) is 0 Å². The topological polar surface area (TPSA) is 64.6 Å². The molecule has 4 fully saturated rings. The van der Waals surface area contributed by atoms with E-state index >= 15 is 0 Å². The third kappa shape index (κ3) is 5.61. The summed E-state index contributed by atoms with van der Waals surface area (Å²) < 4.78 is 43.5. The van der Waals surface area contributed by atoms with Crippen LogP contribution in [0.2, 0.25) is 0 Å². The number of quaternary nitrogens is 1. The summed E-state index contributed by atoms with van der Waals surface area (Å²) in [4.78, 5) is 0. The molecule has 5 unspecified atom stereocenters. The summed E-state index contributed by atoms with van der Waals surface area (Å²) >= 11 is 0. The van der Waals surface area contributed by atoms with E-state index < -0.39 is 17.9 Å². The molecule has 8 heteroatoms. The summed E-state index contributed by atoms with van der Waals surface area (Å²) in [7, 11) is 0. The van der Waals surface area contributed by atoms with Crippen LogP contribution in [0.15, 0.2) is 0 Å². The fraction of sp³-hybridized carbons (Fsp3) is 1.00. The predicted molar refractivity (Wildman–Crippen MR) is 113 cm³/mol. The van der Waals surface area contributed by atoms with Gasteiger partial charge in [-0.2, -0.15) is 0 Å². The van der Waals surface area contributed by atoms with Crippen LogP contribution in [-0.2, 0) is 33.2 Å². The number of hydrogen-bond acceptors (Lipinski definition) is 7. The van der Waals surface area contributed by atoms with Crippen LogP contribution >= 0.6 is 0 Å². The Bertz CT molecular complexity index is 605. The summed E-state index contributed by atoms with van der Waals surface area (Å²) in [6.45, 7) is 19.4. The summed E-state index contributed by atoms with van der Waals surface area (Å²) in [6, 6.07) is 0. The van der Waals surface area contributed by atoms with Crippen molar-refractivity contribution < 1.29 is 37.6 Å². The van der Waals surface area contributed by atoms with Crippen molar-refractivity contribution >= 4 is 0 Å². The third-order valence-corrected chi connectivity index (χ3v) is 6.84. The molecule has 4 aliphatic heterocycles. The maximum absolute atomic E-state index is 6.25. The molecular weight excluding hydrogens is 402 g/mol. The lowest BCUT2D eigenvalue weighted by atomic mass is 9.99. The molecule has 0 radical (unpaired) electrons. The molecule has 0 saturated carbocycles. The highest BCUT2D eigenvalue weighted by atomic mass is 16.9. The number of ether oxygens (including phenoxy) is 7. The van der Waals surface area contributed by atoms with Gasteiger partial charge in [0.2, 0.25) is 0 Å². The van der Waals surface area contributed by atoms with Gasteiger partial charge in [0, 0.05) is 0 Å². The lowest BCUT2D eigenvalue weighted by Gasteiger charge is -2.42. The van der Waals surface area contributed by atoms with Crippen molar-refractivity contribution in [2.24, 2.45) is 5.92 Å². The third-order valence-electron chi connectivity index (χ3n) is 6.84. The van der Waals surface area contributed by atoms with Gasteiger partial charge in [-0.1, -0.05) is 13.8 Å². The highest BCUT2D eigenvalue weighted by molar-refractivity contribution is 5.00. The maximum atomic E-state index is 6.25. The zero-order valence-corrected chi connectivity index (χ0v) is 20.1. The van der Waals surface area contributed by atoms with Gasteiger partial charge < -0.3 is 37.6 Å². The van der Waals surface area contributed by atoms with Crippen molar-refractivity contribution in [3.05, 3.63) is 0 Å². The molecule has 0 bridgehead atoms. The number of fused-ring (bicyclic) bond motifs is 3. The van der Waals surface area contributed by atoms with Gasteiger partial charge in [-0.3, -0.25) is 0 Å². The molecule has 0 aromatic carbocycles. The van der Waals surface area contributed by atoms with Crippen LogP contribution < -0.4 is 0 Å². The molecule has 0 aromatic rings. The highest BCUT2D eigenvalue weighted by Crippen LogP contribution is 2.44. The van der Waals surface area contributed by atoms with Gasteiger partial charge in [0.05, 0.1) is 33.0 Å². The lowest BCUT2D eigenvalue weighted by Crippen LogP contribution is -2.58. The van der Waals surface area contributed by atoms with E-state index in [9.17, 15) is 0 Å². The normalized spacial score (nSPS) is 38.2. The van der Waals surface area contributed by atoms with Crippen LogP contribution in [-0.4, -0.2) is 99.4 Å². The Morgan fingerprint density at radius 3 is 2.23 bits per heavy atom. The second-order valence-corrected chi connectivity index (χ2v) is 10.8. The largest absolute Gasteiger partial charge is 0.373 e. The molecule has 8 nitrogen and oxygen atoms in total. The first-order valence-corrected chi connectivity index (χ1v) is 12.0. The molecule has 0 spiro atoms. The molecule has 0 N–H and O–H groups in total. The van der Waals surface area contributed by atoms with Crippen molar-refractivity contribution in [2.45, 2.75) is 90.2 Å². The van der Waals surface area contributed by atoms with E-state index in [1.165, 1.54) is 13.0 Å². The number of nitrogens with zero attached hydrogens (tertiary/aromatic N) is 1. The quantitative estimate of drug-likeness (QED) is 0.420. The smallest absolute Gasteiger partial charge is 0.190 e. The van der Waals surface area contributed by atoms with E-state index in [1.807, 2.05) is 27.7 Å². The van der Waals surface area contributed by atoms with Gasteiger partial charge in [-0.05, 0) is 40.0 Å². The van der Waals surface area contributed by atoms with Crippen LogP contribution in [0, 0.1) is 5.92 Å². The molecule has 4 aliphatic rings. The molecule has 4 saturated heterocycles. The van der Waals surface area contributed by atoms with Crippen molar-refractivity contribution in [3.63, 3.8) is 0 Å². The fourth-order valence-electron chi connectivity index (χ4n) is 5.11. The molecule has 0 amide bonds. The standard InChI is InChI=1S/C23H42NO7/c1-16(2)7-8-24(9-12-25-13-10-24)11-14-26-15-17-18-19(29-22(3,4)28-18)20-21(27-17)31-23(5,6)30-20/h16-21H,7-15H2,1-6H3/q+1. The molecule has 180 valence electrons. The number of rotatable bonds is 8. The zero-order chi connectivity index (χ0) is 22.3. The fourth-order valence-corrected chi connectivity index (χ4v) is 5.11. The number of hydrogen-bond donors (Lipinski definition) is 0. The second-order valence-electron chi connectivity index (χ2n) is 10.8. The first-order valence-electron chi connectivity index (χ1n) is 12.0. The lowest BCUT2D eigenvalue weighted by molar-refractivity contribution is -0.935. The predicted octanol–water partition coefficient (Wildman–Crippen LogP) is 2.29. The Morgan fingerprint density at radius 2 is 1.52 bits per heavy atom. The number of morpholine rings is 1. The highest BCUT2D eigenvalue weighted by Gasteiger charge is 2.60. The Labute approximate surface area is 187 Å². The average Bonchev–Trinajstić information content (AvgIpc) is 3.18.